The monoisotopic (exact) mass is 326 g/mol. The van der Waals surface area contributed by atoms with E-state index < -0.39 is 5.51 Å². The lowest BCUT2D eigenvalue weighted by atomic mass is 9.99. The fourth-order valence-electron chi connectivity index (χ4n) is 2.51. The second-order valence-electron chi connectivity index (χ2n) is 6.00. The fraction of sp³-hybridized carbons (Fsp3) is 0.929. The highest BCUT2D eigenvalue weighted by Gasteiger charge is 2.41. The molecule has 3 nitrogen and oxygen atoms in total. The molecule has 1 rings (SSSR count). The number of alkyl halides is 3. The van der Waals surface area contributed by atoms with Crippen LogP contribution < -0.4 is 5.32 Å². The van der Waals surface area contributed by atoms with Gasteiger partial charge in [0.05, 0.1) is 12.2 Å². The predicted octanol–water partition coefficient (Wildman–Crippen LogP) is 3.46. The van der Waals surface area contributed by atoms with Gasteiger partial charge in [-0.1, -0.05) is 34.1 Å². The summed E-state index contributed by atoms with van der Waals surface area (Å²) < 4.78 is 36.7. The lowest BCUT2D eigenvalue weighted by Gasteiger charge is -2.25. The standard InChI is InChI=1S/C14H25F3N2OS/c1-5-10(4)12-13(20)19(6-7-21-14(15,16)17)11(18-12)8-9(2)3/h9-12,18H,5-8H2,1-4H3. The Kier molecular flexibility index (Phi) is 6.84. The van der Waals surface area contributed by atoms with Gasteiger partial charge in [-0.3, -0.25) is 10.1 Å². The molecule has 0 aromatic carbocycles. The van der Waals surface area contributed by atoms with Gasteiger partial charge in [-0.05, 0) is 30.0 Å². The highest BCUT2D eigenvalue weighted by molar-refractivity contribution is 8.00. The minimum absolute atomic E-state index is 0.0576. The first-order valence-electron chi connectivity index (χ1n) is 7.43. The van der Waals surface area contributed by atoms with E-state index in [1.54, 1.807) is 4.90 Å². The molecule has 21 heavy (non-hydrogen) atoms. The maximum atomic E-state index is 12.4. The number of halogens is 3. The molecule has 0 aromatic heterocycles. The van der Waals surface area contributed by atoms with Crippen molar-refractivity contribution in [2.24, 2.45) is 11.8 Å². The SMILES string of the molecule is CCC(C)C1NC(CC(C)C)N(CCSC(F)(F)F)C1=O. The third kappa shape index (κ3) is 5.70. The van der Waals surface area contributed by atoms with E-state index >= 15 is 0 Å². The molecule has 1 aliphatic heterocycles. The number of nitrogens with zero attached hydrogens (tertiary/aromatic N) is 1. The van der Waals surface area contributed by atoms with Crippen molar-refractivity contribution in [3.05, 3.63) is 0 Å². The van der Waals surface area contributed by atoms with Crippen LogP contribution in [0.25, 0.3) is 0 Å². The Morgan fingerprint density at radius 3 is 2.43 bits per heavy atom. The summed E-state index contributed by atoms with van der Waals surface area (Å²) in [7, 11) is 0. The van der Waals surface area contributed by atoms with Gasteiger partial charge in [-0.2, -0.15) is 13.2 Å². The van der Waals surface area contributed by atoms with Gasteiger partial charge >= 0.3 is 5.51 Å². The summed E-state index contributed by atoms with van der Waals surface area (Å²) in [6, 6.07) is -0.269. The van der Waals surface area contributed by atoms with Crippen molar-refractivity contribution in [1.82, 2.24) is 10.2 Å². The van der Waals surface area contributed by atoms with E-state index in [0.717, 1.165) is 12.8 Å². The molecule has 1 heterocycles. The zero-order valence-electron chi connectivity index (χ0n) is 13.0. The van der Waals surface area contributed by atoms with E-state index in [4.69, 9.17) is 0 Å². The summed E-state index contributed by atoms with van der Waals surface area (Å²) in [6.07, 6.45) is 1.48. The van der Waals surface area contributed by atoms with Crippen molar-refractivity contribution in [3.8, 4) is 0 Å². The van der Waals surface area contributed by atoms with Crippen molar-refractivity contribution < 1.29 is 18.0 Å². The molecule has 0 saturated carbocycles. The van der Waals surface area contributed by atoms with Gasteiger partial charge in [-0.15, -0.1) is 0 Å². The number of carbonyl (C=O) groups excluding carboxylic acids is 1. The van der Waals surface area contributed by atoms with Gasteiger partial charge < -0.3 is 4.90 Å². The minimum Gasteiger partial charge on any atom is -0.325 e. The van der Waals surface area contributed by atoms with Crippen LogP contribution in [0.5, 0.6) is 0 Å². The third-order valence-electron chi connectivity index (χ3n) is 3.80. The van der Waals surface area contributed by atoms with Crippen molar-refractivity contribution in [2.45, 2.75) is 58.3 Å². The van der Waals surface area contributed by atoms with Gasteiger partial charge in [0.1, 0.15) is 0 Å². The Labute approximate surface area is 129 Å². The summed E-state index contributed by atoms with van der Waals surface area (Å²) in [5.74, 6) is 0.396. The summed E-state index contributed by atoms with van der Waals surface area (Å²) in [5, 5.41) is 3.31. The van der Waals surface area contributed by atoms with Crippen LogP contribution in [0, 0.1) is 11.8 Å². The number of thioether (sulfide) groups is 1. The smallest absolute Gasteiger partial charge is 0.325 e. The average Bonchev–Trinajstić information content (AvgIpc) is 2.64. The summed E-state index contributed by atoms with van der Waals surface area (Å²) in [5.41, 5.74) is -4.24. The number of amides is 1. The van der Waals surface area contributed by atoms with Gasteiger partial charge in [0, 0.05) is 12.3 Å². The van der Waals surface area contributed by atoms with E-state index in [2.05, 4.69) is 5.32 Å². The van der Waals surface area contributed by atoms with E-state index in [-0.39, 0.29) is 48.1 Å². The Bertz CT molecular complexity index is 350. The van der Waals surface area contributed by atoms with Gasteiger partial charge in [0.15, 0.2) is 0 Å². The molecule has 3 atom stereocenters. The molecule has 0 aromatic rings. The van der Waals surface area contributed by atoms with Crippen molar-refractivity contribution in [1.29, 1.82) is 0 Å². The van der Waals surface area contributed by atoms with Crippen LogP contribution in [0.15, 0.2) is 0 Å². The topological polar surface area (TPSA) is 32.3 Å². The second kappa shape index (κ2) is 7.72. The van der Waals surface area contributed by atoms with Gasteiger partial charge in [-0.25, -0.2) is 0 Å². The van der Waals surface area contributed by atoms with Crippen molar-refractivity contribution >= 4 is 17.7 Å². The highest BCUT2D eigenvalue weighted by atomic mass is 32.2. The number of hydrogen-bond donors (Lipinski definition) is 1. The predicted molar refractivity (Wildman–Crippen MR) is 79.8 cm³/mol. The third-order valence-corrected chi connectivity index (χ3v) is 4.52. The lowest BCUT2D eigenvalue weighted by molar-refractivity contribution is -0.130. The van der Waals surface area contributed by atoms with Crippen LogP contribution in [-0.2, 0) is 4.79 Å². The summed E-state index contributed by atoms with van der Waals surface area (Å²) in [6.45, 7) is 8.24. The van der Waals surface area contributed by atoms with Crippen molar-refractivity contribution in [2.75, 3.05) is 12.3 Å². The van der Waals surface area contributed by atoms with E-state index in [9.17, 15) is 18.0 Å². The first kappa shape index (κ1) is 18.6. The molecular formula is C14H25F3N2OS. The molecule has 1 amide bonds. The molecule has 7 heteroatoms. The number of rotatable bonds is 7. The van der Waals surface area contributed by atoms with Crippen molar-refractivity contribution in [3.63, 3.8) is 0 Å². The molecule has 1 N–H and O–H groups in total. The highest BCUT2D eigenvalue weighted by Crippen LogP contribution is 2.31. The van der Waals surface area contributed by atoms with Crippen LogP contribution in [-0.4, -0.2) is 40.8 Å². The lowest BCUT2D eigenvalue weighted by Crippen LogP contribution is -2.40. The molecule has 124 valence electrons. The summed E-state index contributed by atoms with van der Waals surface area (Å²) in [4.78, 5) is 14.0. The minimum atomic E-state index is -4.24. The van der Waals surface area contributed by atoms with Crippen LogP contribution in [0.4, 0.5) is 13.2 Å². The van der Waals surface area contributed by atoms with E-state index in [1.807, 2.05) is 27.7 Å². The maximum Gasteiger partial charge on any atom is 0.441 e. The second-order valence-corrected chi connectivity index (χ2v) is 7.16. The fourth-order valence-corrected chi connectivity index (χ4v) is 3.03. The Morgan fingerprint density at radius 2 is 1.95 bits per heavy atom. The van der Waals surface area contributed by atoms with Crippen LogP contribution >= 0.6 is 11.8 Å². The van der Waals surface area contributed by atoms with Crippen LogP contribution in [0.1, 0.15) is 40.5 Å². The maximum absolute atomic E-state index is 12.4. The molecule has 0 aliphatic carbocycles. The molecule has 3 unspecified atom stereocenters. The normalized spacial score (nSPS) is 25.0. The van der Waals surface area contributed by atoms with Gasteiger partial charge in [0.25, 0.3) is 0 Å². The summed E-state index contributed by atoms with van der Waals surface area (Å²) >= 11 is -0.0629. The van der Waals surface area contributed by atoms with E-state index in [1.165, 1.54) is 0 Å². The zero-order valence-corrected chi connectivity index (χ0v) is 13.9. The molecule has 0 bridgehead atoms. The Balaban J connectivity index is 2.68. The quantitative estimate of drug-likeness (QED) is 0.778. The van der Waals surface area contributed by atoms with Gasteiger partial charge in [0.2, 0.25) is 5.91 Å². The Hall–Kier alpha value is -0.430. The molecule has 0 spiro atoms. The largest absolute Gasteiger partial charge is 0.441 e. The molecule has 0 radical (unpaired) electrons. The average molecular weight is 326 g/mol. The number of carbonyl (C=O) groups is 1. The van der Waals surface area contributed by atoms with E-state index in [0.29, 0.717) is 5.92 Å². The first-order valence-corrected chi connectivity index (χ1v) is 8.41. The first-order chi connectivity index (χ1) is 9.65. The molecule has 1 fully saturated rings. The number of nitrogens with one attached hydrogen (secondary N) is 1. The Morgan fingerprint density at radius 1 is 1.33 bits per heavy atom. The molecule has 1 aliphatic rings. The zero-order chi connectivity index (χ0) is 16.2. The van der Waals surface area contributed by atoms with Crippen LogP contribution in [0.3, 0.4) is 0 Å². The molecule has 1 saturated heterocycles. The van der Waals surface area contributed by atoms with Crippen LogP contribution in [0.2, 0.25) is 0 Å². The molecular weight excluding hydrogens is 301 g/mol. The number of hydrogen-bond acceptors (Lipinski definition) is 3.